The van der Waals surface area contributed by atoms with Crippen molar-refractivity contribution in [1.82, 2.24) is 9.97 Å². The van der Waals surface area contributed by atoms with Crippen LogP contribution in [-0.4, -0.2) is 9.97 Å². The lowest BCUT2D eigenvalue weighted by Crippen LogP contribution is -2.16. The SMILES string of the molecule is c1ccc2c(c1)Oc1ccccc1N2c1cnc2oc3ncc(N4c5ccccc5Oc5ccccc54)cc3c2c1. The van der Waals surface area contributed by atoms with E-state index in [9.17, 15) is 0 Å². The quantitative estimate of drug-likeness (QED) is 0.220. The predicted octanol–water partition coefficient (Wildman–Crippen LogP) is 9.53. The Kier molecular flexibility index (Phi) is 4.48. The van der Waals surface area contributed by atoms with Gasteiger partial charge in [-0.05, 0) is 60.7 Å². The Morgan fingerprint density at radius 1 is 0.439 bits per heavy atom. The normalized spacial score (nSPS) is 13.2. The van der Waals surface area contributed by atoms with Crippen molar-refractivity contribution in [3.63, 3.8) is 0 Å². The number of anilines is 6. The Morgan fingerprint density at radius 3 is 1.15 bits per heavy atom. The fourth-order valence-electron chi connectivity index (χ4n) is 5.73. The molecule has 7 heteroatoms. The van der Waals surface area contributed by atoms with Gasteiger partial charge in [-0.1, -0.05) is 48.5 Å². The zero-order valence-electron chi connectivity index (χ0n) is 21.6. The zero-order chi connectivity index (χ0) is 26.9. The molecule has 41 heavy (non-hydrogen) atoms. The third kappa shape index (κ3) is 3.26. The van der Waals surface area contributed by atoms with Crippen LogP contribution in [-0.2, 0) is 0 Å². The van der Waals surface area contributed by atoms with Crippen molar-refractivity contribution in [2.75, 3.05) is 9.80 Å². The summed E-state index contributed by atoms with van der Waals surface area (Å²) in [7, 11) is 0. The molecule has 0 N–H and O–H groups in total. The van der Waals surface area contributed by atoms with E-state index >= 15 is 0 Å². The first kappa shape index (κ1) is 22.0. The second-order valence-electron chi connectivity index (χ2n) is 9.94. The molecule has 0 radical (unpaired) electrons. The van der Waals surface area contributed by atoms with Crippen molar-refractivity contribution in [3.8, 4) is 23.0 Å². The summed E-state index contributed by atoms with van der Waals surface area (Å²) in [6.45, 7) is 0. The Labute approximate surface area is 234 Å². The highest BCUT2D eigenvalue weighted by molar-refractivity contribution is 6.06. The van der Waals surface area contributed by atoms with E-state index in [4.69, 9.17) is 23.9 Å². The Bertz CT molecular complexity index is 1910. The average molecular weight is 533 g/mol. The van der Waals surface area contributed by atoms with Crippen LogP contribution in [0.2, 0.25) is 0 Å². The van der Waals surface area contributed by atoms with Gasteiger partial charge in [-0.2, -0.15) is 0 Å². The first-order chi connectivity index (χ1) is 20.3. The summed E-state index contributed by atoms with van der Waals surface area (Å²) in [6, 6.07) is 36.3. The first-order valence-corrected chi connectivity index (χ1v) is 13.3. The minimum Gasteiger partial charge on any atom is -0.453 e. The third-order valence-corrected chi connectivity index (χ3v) is 7.54. The van der Waals surface area contributed by atoms with E-state index in [1.807, 2.05) is 85.2 Å². The molecular weight excluding hydrogens is 512 g/mol. The van der Waals surface area contributed by atoms with Gasteiger partial charge in [-0.25, -0.2) is 9.97 Å². The average Bonchev–Trinajstić information content (AvgIpc) is 3.39. The van der Waals surface area contributed by atoms with E-state index in [1.165, 1.54) is 0 Å². The minimum absolute atomic E-state index is 0.533. The van der Waals surface area contributed by atoms with Gasteiger partial charge in [0.05, 0.1) is 57.3 Å². The van der Waals surface area contributed by atoms with Crippen LogP contribution < -0.4 is 19.3 Å². The third-order valence-electron chi connectivity index (χ3n) is 7.54. The molecule has 0 fully saturated rings. The molecule has 0 atom stereocenters. The molecule has 5 heterocycles. The van der Waals surface area contributed by atoms with Crippen LogP contribution >= 0.6 is 0 Å². The number of aromatic nitrogens is 2. The summed E-state index contributed by atoms with van der Waals surface area (Å²) in [5.74, 6) is 3.16. The van der Waals surface area contributed by atoms with Crippen LogP contribution in [0.3, 0.4) is 0 Å². The molecule has 2 aliphatic rings. The zero-order valence-corrected chi connectivity index (χ0v) is 21.6. The number of ether oxygens (including phenoxy) is 2. The fraction of sp³-hybridized carbons (Fsp3) is 0. The molecule has 4 aromatic carbocycles. The Morgan fingerprint density at radius 2 is 0.780 bits per heavy atom. The van der Waals surface area contributed by atoms with E-state index in [0.29, 0.717) is 11.4 Å². The molecule has 3 aromatic heterocycles. The highest BCUT2D eigenvalue weighted by Gasteiger charge is 2.28. The number of para-hydroxylation sites is 8. The van der Waals surface area contributed by atoms with Crippen LogP contribution in [0.4, 0.5) is 34.1 Å². The van der Waals surface area contributed by atoms with Crippen LogP contribution in [0, 0.1) is 0 Å². The van der Waals surface area contributed by atoms with Gasteiger partial charge in [0.2, 0.25) is 11.4 Å². The van der Waals surface area contributed by atoms with Crippen LogP contribution in [0.5, 0.6) is 23.0 Å². The summed E-state index contributed by atoms with van der Waals surface area (Å²) < 4.78 is 18.5. The largest absolute Gasteiger partial charge is 0.453 e. The van der Waals surface area contributed by atoms with E-state index in [0.717, 1.165) is 67.9 Å². The molecule has 0 bridgehead atoms. The maximum atomic E-state index is 6.21. The molecule has 7 nitrogen and oxygen atoms in total. The van der Waals surface area contributed by atoms with Gasteiger partial charge in [0.25, 0.3) is 0 Å². The number of pyridine rings is 2. The first-order valence-electron chi connectivity index (χ1n) is 13.3. The van der Waals surface area contributed by atoms with E-state index in [2.05, 4.69) is 46.2 Å². The predicted molar refractivity (Wildman–Crippen MR) is 159 cm³/mol. The number of nitrogens with zero attached hydrogens (tertiary/aromatic N) is 4. The number of benzene rings is 4. The van der Waals surface area contributed by atoms with Crippen molar-refractivity contribution < 1.29 is 13.9 Å². The molecule has 0 spiro atoms. The summed E-state index contributed by atoms with van der Waals surface area (Å²) in [4.78, 5) is 13.8. The highest BCUT2D eigenvalue weighted by atomic mass is 16.5. The summed E-state index contributed by atoms with van der Waals surface area (Å²) in [5, 5.41) is 1.76. The smallest absolute Gasteiger partial charge is 0.229 e. The van der Waals surface area contributed by atoms with Crippen LogP contribution in [0.1, 0.15) is 0 Å². The molecule has 194 valence electrons. The van der Waals surface area contributed by atoms with Gasteiger partial charge in [0.15, 0.2) is 23.0 Å². The second kappa shape index (κ2) is 8.34. The van der Waals surface area contributed by atoms with Crippen LogP contribution in [0.25, 0.3) is 22.2 Å². The number of rotatable bonds is 2. The van der Waals surface area contributed by atoms with Crippen molar-refractivity contribution >= 4 is 56.3 Å². The van der Waals surface area contributed by atoms with Gasteiger partial charge < -0.3 is 23.7 Å². The molecule has 2 aliphatic heterocycles. The number of hydrogen-bond donors (Lipinski definition) is 0. The van der Waals surface area contributed by atoms with Crippen molar-refractivity contribution in [3.05, 3.63) is 122 Å². The molecule has 0 aliphatic carbocycles. The van der Waals surface area contributed by atoms with E-state index in [-0.39, 0.29) is 0 Å². The molecule has 0 unspecified atom stereocenters. The molecule has 9 rings (SSSR count). The molecule has 7 aromatic rings. The number of furan rings is 1. The Balaban J connectivity index is 1.24. The standard InChI is InChI=1S/C34H20N4O3/c1-5-13-29-25(9-1)37(26-10-2-6-14-30(26)39-29)21-17-23-24-18-22(20-36-34(24)41-33(23)35-19-21)38-27-11-3-7-15-31(27)40-32-16-8-4-12-28(32)38/h1-20H. The monoisotopic (exact) mass is 532 g/mol. The fourth-order valence-corrected chi connectivity index (χ4v) is 5.73. The second-order valence-corrected chi connectivity index (χ2v) is 9.94. The lowest BCUT2D eigenvalue weighted by atomic mass is 10.1. The molecular formula is C34H20N4O3. The van der Waals surface area contributed by atoms with Crippen molar-refractivity contribution in [2.45, 2.75) is 0 Å². The van der Waals surface area contributed by atoms with Gasteiger partial charge in [-0.15, -0.1) is 0 Å². The lowest BCUT2D eigenvalue weighted by molar-refractivity contribution is 0.476. The number of hydrogen-bond acceptors (Lipinski definition) is 7. The van der Waals surface area contributed by atoms with Crippen molar-refractivity contribution in [2.24, 2.45) is 0 Å². The Hall–Kier alpha value is -5.82. The maximum absolute atomic E-state index is 6.21. The molecule has 0 saturated carbocycles. The van der Waals surface area contributed by atoms with E-state index < -0.39 is 0 Å². The maximum Gasteiger partial charge on any atom is 0.229 e. The lowest BCUT2D eigenvalue weighted by Gasteiger charge is -2.32. The van der Waals surface area contributed by atoms with Crippen LogP contribution in [0.15, 0.2) is 126 Å². The van der Waals surface area contributed by atoms with Crippen molar-refractivity contribution in [1.29, 1.82) is 0 Å². The summed E-state index contributed by atoms with van der Waals surface area (Å²) >= 11 is 0. The van der Waals surface area contributed by atoms with E-state index in [1.54, 1.807) is 0 Å². The molecule has 0 saturated heterocycles. The van der Waals surface area contributed by atoms with Gasteiger partial charge >= 0.3 is 0 Å². The van der Waals surface area contributed by atoms with Gasteiger partial charge in [0, 0.05) is 0 Å². The minimum atomic E-state index is 0.533. The highest BCUT2D eigenvalue weighted by Crippen LogP contribution is 2.52. The molecule has 0 amide bonds. The van der Waals surface area contributed by atoms with Gasteiger partial charge in [-0.3, -0.25) is 0 Å². The topological polar surface area (TPSA) is 63.9 Å². The summed E-state index contributed by atoms with van der Waals surface area (Å²) in [6.07, 6.45) is 3.66. The van der Waals surface area contributed by atoms with Gasteiger partial charge in [0.1, 0.15) is 0 Å². The number of fused-ring (bicyclic) bond motifs is 7. The summed E-state index contributed by atoms with van der Waals surface area (Å²) in [5.41, 5.74) is 6.64.